The lowest BCUT2D eigenvalue weighted by molar-refractivity contribution is -0.384. The third-order valence-corrected chi connectivity index (χ3v) is 2.82. The number of carbonyl (C=O) groups is 1. The number of benzene rings is 1. The van der Waals surface area contributed by atoms with E-state index in [2.05, 4.69) is 5.32 Å². The Bertz CT molecular complexity index is 452. The molecular weight excluding hydrogens is 279 g/mol. The van der Waals surface area contributed by atoms with Gasteiger partial charge in [-0.3, -0.25) is 14.9 Å². The number of nitro benzene ring substituents is 1. The molecule has 0 heterocycles. The fourth-order valence-corrected chi connectivity index (χ4v) is 1.67. The van der Waals surface area contributed by atoms with Gasteiger partial charge in [0.25, 0.3) is 5.69 Å². The van der Waals surface area contributed by atoms with Crippen molar-refractivity contribution in [3.8, 4) is 0 Å². The number of halogens is 2. The van der Waals surface area contributed by atoms with Crippen molar-refractivity contribution in [3.63, 3.8) is 0 Å². The zero-order chi connectivity index (χ0) is 13.5. The minimum Gasteiger partial charge on any atom is -0.325 e. The Hall–Kier alpha value is -1.33. The van der Waals surface area contributed by atoms with Crippen molar-refractivity contribution in [2.24, 2.45) is 0 Å². The summed E-state index contributed by atoms with van der Waals surface area (Å²) in [5, 5.41) is 13.4. The Morgan fingerprint density at radius 2 is 2.11 bits per heavy atom. The summed E-state index contributed by atoms with van der Waals surface area (Å²) >= 11 is 11.3. The maximum absolute atomic E-state index is 11.5. The molecule has 0 unspecified atom stereocenters. The minimum absolute atomic E-state index is 0.115. The monoisotopic (exact) mass is 290 g/mol. The van der Waals surface area contributed by atoms with Crippen LogP contribution in [0.5, 0.6) is 0 Å². The number of amides is 1. The fourth-order valence-electron chi connectivity index (χ4n) is 1.32. The summed E-state index contributed by atoms with van der Waals surface area (Å²) in [6.45, 7) is 0. The van der Waals surface area contributed by atoms with Crippen LogP contribution in [0.25, 0.3) is 0 Å². The largest absolute Gasteiger partial charge is 0.325 e. The quantitative estimate of drug-likeness (QED) is 0.377. The Labute approximate surface area is 114 Å². The number of alkyl halides is 1. The van der Waals surface area contributed by atoms with E-state index in [4.69, 9.17) is 23.2 Å². The van der Waals surface area contributed by atoms with Gasteiger partial charge in [-0.1, -0.05) is 11.6 Å². The molecule has 0 aromatic heterocycles. The van der Waals surface area contributed by atoms with Gasteiger partial charge in [0.2, 0.25) is 5.91 Å². The van der Waals surface area contributed by atoms with E-state index in [9.17, 15) is 14.9 Å². The first kappa shape index (κ1) is 14.7. The Morgan fingerprint density at radius 3 is 2.72 bits per heavy atom. The molecule has 0 spiro atoms. The van der Waals surface area contributed by atoms with Crippen molar-refractivity contribution in [1.82, 2.24) is 0 Å². The van der Waals surface area contributed by atoms with Crippen molar-refractivity contribution in [1.29, 1.82) is 0 Å². The third-order valence-electron chi connectivity index (χ3n) is 2.22. The first-order valence-corrected chi connectivity index (χ1v) is 6.25. The first-order valence-electron chi connectivity index (χ1n) is 5.34. The van der Waals surface area contributed by atoms with Crippen LogP contribution in [-0.2, 0) is 4.79 Å². The highest BCUT2D eigenvalue weighted by Gasteiger charge is 2.11. The Balaban J connectivity index is 2.68. The molecule has 7 heteroatoms. The molecule has 0 atom stereocenters. The molecule has 1 N–H and O–H groups in total. The fraction of sp³-hybridized carbons (Fsp3) is 0.364. The summed E-state index contributed by atoms with van der Waals surface area (Å²) in [5.41, 5.74) is 0.136. The molecule has 0 aliphatic heterocycles. The summed E-state index contributed by atoms with van der Waals surface area (Å²) in [5.74, 6) is 0.271. The molecule has 0 saturated carbocycles. The van der Waals surface area contributed by atoms with Gasteiger partial charge in [0.05, 0.1) is 15.6 Å². The van der Waals surface area contributed by atoms with E-state index in [1.54, 1.807) is 0 Å². The second-order valence-electron chi connectivity index (χ2n) is 3.62. The van der Waals surface area contributed by atoms with Crippen LogP contribution in [0.3, 0.4) is 0 Å². The van der Waals surface area contributed by atoms with E-state index in [0.29, 0.717) is 18.7 Å². The molecule has 1 aromatic carbocycles. The summed E-state index contributed by atoms with van der Waals surface area (Å²) in [4.78, 5) is 21.6. The summed E-state index contributed by atoms with van der Waals surface area (Å²) in [7, 11) is 0. The molecule has 98 valence electrons. The van der Waals surface area contributed by atoms with E-state index in [1.807, 2.05) is 0 Å². The molecule has 0 fully saturated rings. The van der Waals surface area contributed by atoms with Crippen LogP contribution >= 0.6 is 23.2 Å². The normalized spacial score (nSPS) is 10.1. The van der Waals surface area contributed by atoms with Crippen molar-refractivity contribution in [3.05, 3.63) is 33.3 Å². The van der Waals surface area contributed by atoms with Crippen molar-refractivity contribution < 1.29 is 9.72 Å². The van der Waals surface area contributed by atoms with Crippen LogP contribution in [0.15, 0.2) is 18.2 Å². The summed E-state index contributed by atoms with van der Waals surface area (Å²) in [6.07, 6.45) is 1.73. The number of hydrogen-bond acceptors (Lipinski definition) is 3. The van der Waals surface area contributed by atoms with E-state index >= 15 is 0 Å². The van der Waals surface area contributed by atoms with Gasteiger partial charge in [-0.05, 0) is 18.9 Å². The molecule has 1 rings (SSSR count). The molecule has 1 aromatic rings. The zero-order valence-electron chi connectivity index (χ0n) is 9.49. The van der Waals surface area contributed by atoms with Gasteiger partial charge in [-0.15, -0.1) is 11.6 Å². The number of hydrogen-bond donors (Lipinski definition) is 1. The number of nitro groups is 1. The van der Waals surface area contributed by atoms with Crippen LogP contribution in [0.1, 0.15) is 19.3 Å². The lowest BCUT2D eigenvalue weighted by atomic mass is 10.2. The van der Waals surface area contributed by atoms with Gasteiger partial charge >= 0.3 is 0 Å². The van der Waals surface area contributed by atoms with Crippen LogP contribution in [-0.4, -0.2) is 16.7 Å². The molecule has 18 heavy (non-hydrogen) atoms. The SMILES string of the molecule is O=C(CCCCCl)Nc1cc([N+](=O)[O-])ccc1Cl. The van der Waals surface area contributed by atoms with Crippen LogP contribution in [0, 0.1) is 10.1 Å². The number of non-ortho nitro benzene ring substituents is 1. The number of nitrogens with zero attached hydrogens (tertiary/aromatic N) is 1. The van der Waals surface area contributed by atoms with Gasteiger partial charge in [0.1, 0.15) is 0 Å². The standard InChI is InChI=1S/C11H12Cl2N2O3/c12-6-2-1-3-11(16)14-10-7-8(15(17)18)4-5-9(10)13/h4-5,7H,1-3,6H2,(H,14,16). The molecule has 0 aliphatic rings. The maximum atomic E-state index is 11.5. The molecule has 0 radical (unpaired) electrons. The second kappa shape index (κ2) is 7.18. The van der Waals surface area contributed by atoms with Crippen LogP contribution in [0.4, 0.5) is 11.4 Å². The van der Waals surface area contributed by atoms with Gasteiger partial charge in [-0.2, -0.15) is 0 Å². The highest BCUT2D eigenvalue weighted by Crippen LogP contribution is 2.26. The van der Waals surface area contributed by atoms with Gasteiger partial charge < -0.3 is 5.32 Å². The summed E-state index contributed by atoms with van der Waals surface area (Å²) in [6, 6.07) is 3.90. The molecule has 0 saturated heterocycles. The highest BCUT2D eigenvalue weighted by molar-refractivity contribution is 6.33. The lowest BCUT2D eigenvalue weighted by Crippen LogP contribution is -2.11. The van der Waals surface area contributed by atoms with E-state index in [1.165, 1.54) is 18.2 Å². The second-order valence-corrected chi connectivity index (χ2v) is 4.40. The molecule has 0 bridgehead atoms. The predicted molar refractivity (Wildman–Crippen MR) is 71.3 cm³/mol. The van der Waals surface area contributed by atoms with Crippen molar-refractivity contribution >= 4 is 40.5 Å². The maximum Gasteiger partial charge on any atom is 0.271 e. The number of rotatable bonds is 6. The van der Waals surface area contributed by atoms with Crippen LogP contribution in [0.2, 0.25) is 5.02 Å². The van der Waals surface area contributed by atoms with E-state index in [-0.39, 0.29) is 22.3 Å². The minimum atomic E-state index is -0.542. The van der Waals surface area contributed by atoms with Crippen molar-refractivity contribution in [2.45, 2.75) is 19.3 Å². The van der Waals surface area contributed by atoms with Crippen molar-refractivity contribution in [2.75, 3.05) is 11.2 Å². The summed E-state index contributed by atoms with van der Waals surface area (Å²) < 4.78 is 0. The zero-order valence-corrected chi connectivity index (χ0v) is 11.0. The molecule has 1 amide bonds. The number of carbonyl (C=O) groups excluding carboxylic acids is 1. The van der Waals surface area contributed by atoms with Gasteiger partial charge in [-0.25, -0.2) is 0 Å². The smallest absolute Gasteiger partial charge is 0.271 e. The topological polar surface area (TPSA) is 72.2 Å². The van der Waals surface area contributed by atoms with Gasteiger partial charge in [0, 0.05) is 24.4 Å². The van der Waals surface area contributed by atoms with E-state index < -0.39 is 4.92 Å². The molecule has 5 nitrogen and oxygen atoms in total. The number of anilines is 1. The Morgan fingerprint density at radius 1 is 1.39 bits per heavy atom. The number of nitrogens with one attached hydrogen (secondary N) is 1. The molecule has 0 aliphatic carbocycles. The van der Waals surface area contributed by atoms with E-state index in [0.717, 1.165) is 6.42 Å². The molecular formula is C11H12Cl2N2O3. The average Bonchev–Trinajstić information content (AvgIpc) is 2.32. The van der Waals surface area contributed by atoms with Gasteiger partial charge in [0.15, 0.2) is 0 Å². The third kappa shape index (κ3) is 4.50. The predicted octanol–water partition coefficient (Wildman–Crippen LogP) is 3.60. The number of unbranched alkanes of at least 4 members (excludes halogenated alkanes) is 1. The Kier molecular flexibility index (Phi) is 5.88. The lowest BCUT2D eigenvalue weighted by Gasteiger charge is -2.06. The highest BCUT2D eigenvalue weighted by atomic mass is 35.5. The first-order chi connectivity index (χ1) is 8.54. The average molecular weight is 291 g/mol. The van der Waals surface area contributed by atoms with Crippen LogP contribution < -0.4 is 5.32 Å².